The summed E-state index contributed by atoms with van der Waals surface area (Å²) in [4.78, 5) is 41.1. The molecule has 3 amide bonds. The molecule has 0 bridgehead atoms. The third kappa shape index (κ3) is 4.06. The predicted octanol–water partition coefficient (Wildman–Crippen LogP) is 4.42. The summed E-state index contributed by atoms with van der Waals surface area (Å²) >= 11 is 0. The molecule has 1 saturated heterocycles. The van der Waals surface area contributed by atoms with Crippen molar-refractivity contribution in [2.24, 2.45) is 11.1 Å². The fourth-order valence-corrected chi connectivity index (χ4v) is 5.66. The summed E-state index contributed by atoms with van der Waals surface area (Å²) < 4.78 is 6.03. The van der Waals surface area contributed by atoms with Gasteiger partial charge in [0.2, 0.25) is 0 Å². The summed E-state index contributed by atoms with van der Waals surface area (Å²) in [6, 6.07) is 5.01. The van der Waals surface area contributed by atoms with Crippen LogP contribution in [0.15, 0.2) is 27.8 Å². The van der Waals surface area contributed by atoms with E-state index < -0.39 is 23.5 Å². The van der Waals surface area contributed by atoms with Gasteiger partial charge in [-0.25, -0.2) is 4.79 Å². The van der Waals surface area contributed by atoms with Crippen molar-refractivity contribution in [3.05, 3.63) is 35.1 Å². The molecular formula is C26H33N3O6. The van der Waals surface area contributed by atoms with E-state index in [4.69, 9.17) is 4.42 Å². The third-order valence-electron chi connectivity index (χ3n) is 7.71. The molecule has 9 heteroatoms. The van der Waals surface area contributed by atoms with Crippen molar-refractivity contribution < 1.29 is 29.1 Å². The summed E-state index contributed by atoms with van der Waals surface area (Å²) in [6.07, 6.45) is 4.82. The highest BCUT2D eigenvalue weighted by Crippen LogP contribution is 2.35. The molecule has 2 aromatic rings. The van der Waals surface area contributed by atoms with Crippen molar-refractivity contribution in [3.8, 4) is 0 Å². The zero-order valence-electron chi connectivity index (χ0n) is 20.5. The van der Waals surface area contributed by atoms with Crippen LogP contribution in [-0.4, -0.2) is 62.4 Å². The normalized spacial score (nSPS) is 18.9. The van der Waals surface area contributed by atoms with E-state index in [1.165, 1.54) is 10.5 Å². The van der Waals surface area contributed by atoms with Gasteiger partial charge in [0.25, 0.3) is 5.91 Å². The number of nitrogens with zero attached hydrogens (tertiary/aromatic N) is 3. The maximum atomic E-state index is 13.3. The molecule has 9 nitrogen and oxygen atoms in total. The van der Waals surface area contributed by atoms with Gasteiger partial charge < -0.3 is 19.6 Å². The number of hydrogen-bond donors (Lipinski definition) is 2. The van der Waals surface area contributed by atoms with Crippen molar-refractivity contribution in [2.45, 2.75) is 71.3 Å². The topological polar surface area (TPSA) is 124 Å². The van der Waals surface area contributed by atoms with Crippen molar-refractivity contribution in [2.75, 3.05) is 13.1 Å². The molecule has 0 saturated carbocycles. The first-order chi connectivity index (χ1) is 16.8. The second-order valence-electron chi connectivity index (χ2n) is 9.39. The van der Waals surface area contributed by atoms with E-state index in [9.17, 15) is 24.7 Å². The maximum absolute atomic E-state index is 13.3. The molecular weight excluding hydrogens is 450 g/mol. The molecule has 1 fully saturated rings. The van der Waals surface area contributed by atoms with E-state index in [1.807, 2.05) is 26.8 Å². The minimum absolute atomic E-state index is 0.147. The molecule has 1 unspecified atom stereocenters. The van der Waals surface area contributed by atoms with Gasteiger partial charge in [-0.3, -0.25) is 14.5 Å². The summed E-state index contributed by atoms with van der Waals surface area (Å²) in [6.45, 7) is 5.59. The number of rotatable bonds is 9. The lowest BCUT2D eigenvalue weighted by atomic mass is 9.90. The van der Waals surface area contributed by atoms with Gasteiger partial charge in [-0.1, -0.05) is 31.1 Å². The molecule has 2 N–H and O–H groups in total. The number of aryl methyl sites for hydroxylation is 2. The predicted molar refractivity (Wildman–Crippen MR) is 130 cm³/mol. The number of aliphatic carboxylic acids is 1. The molecule has 1 aromatic heterocycles. The average Bonchev–Trinajstić information content (AvgIpc) is 3.33. The van der Waals surface area contributed by atoms with Gasteiger partial charge in [-0.2, -0.15) is 0 Å². The van der Waals surface area contributed by atoms with Crippen LogP contribution in [0.1, 0.15) is 69.8 Å². The Kier molecular flexibility index (Phi) is 6.87. The molecule has 1 aliphatic carbocycles. The van der Waals surface area contributed by atoms with Crippen LogP contribution in [0.4, 0.5) is 4.79 Å². The van der Waals surface area contributed by atoms with Crippen LogP contribution in [-0.2, 0) is 22.4 Å². The Morgan fingerprint density at radius 2 is 1.89 bits per heavy atom. The monoisotopic (exact) mass is 483 g/mol. The van der Waals surface area contributed by atoms with E-state index in [-0.39, 0.29) is 24.6 Å². The Morgan fingerprint density at radius 3 is 2.49 bits per heavy atom. The number of fused-ring (bicyclic) bond motifs is 3. The van der Waals surface area contributed by atoms with Gasteiger partial charge in [0.1, 0.15) is 16.9 Å². The number of oxime groups is 1. The first-order valence-electron chi connectivity index (χ1n) is 12.4. The molecule has 1 atom stereocenters. The quantitative estimate of drug-likeness (QED) is 0.235. The number of urea groups is 1. The minimum Gasteiger partial charge on any atom is -0.481 e. The average molecular weight is 484 g/mol. The van der Waals surface area contributed by atoms with Gasteiger partial charge in [0.15, 0.2) is 0 Å². The van der Waals surface area contributed by atoms with E-state index in [2.05, 4.69) is 5.16 Å². The van der Waals surface area contributed by atoms with Gasteiger partial charge in [-0.15, -0.1) is 0 Å². The van der Waals surface area contributed by atoms with Crippen LogP contribution < -0.4 is 0 Å². The SMILES string of the molecule is CCN1C(=O)N(CC(C/C(=N/O)c2ccc3c4c(oc3c2)CCCC4)C(=O)O)C(=O)C1(CC)CC. The number of carboxylic acids is 1. The van der Waals surface area contributed by atoms with Crippen LogP contribution in [0.5, 0.6) is 0 Å². The molecule has 35 heavy (non-hydrogen) atoms. The highest BCUT2D eigenvalue weighted by atomic mass is 16.4. The fraction of sp³-hybridized carbons (Fsp3) is 0.538. The number of likely N-dealkylation sites (N-methyl/N-ethyl adjacent to an activating group) is 1. The standard InChI is InChI=1S/C26H33N3O6/c1-4-26(5-2)24(32)28(25(33)29(26)6-3)15-17(23(30)31)13-20(27-34)16-11-12-19-18-9-7-8-10-21(18)35-22(19)14-16/h11-12,14,17,34H,4-10,13,15H2,1-3H3,(H,30,31)/b27-20-. The minimum atomic E-state index is -1.17. The van der Waals surface area contributed by atoms with Crippen molar-refractivity contribution in [1.82, 2.24) is 9.80 Å². The largest absolute Gasteiger partial charge is 0.481 e. The van der Waals surface area contributed by atoms with Crippen molar-refractivity contribution in [3.63, 3.8) is 0 Å². The number of furan rings is 1. The fourth-order valence-electron chi connectivity index (χ4n) is 5.66. The molecule has 1 aromatic carbocycles. The van der Waals surface area contributed by atoms with Crippen LogP contribution in [0.3, 0.4) is 0 Å². The molecule has 2 heterocycles. The highest BCUT2D eigenvalue weighted by Gasteiger charge is 2.54. The number of hydrogen-bond acceptors (Lipinski definition) is 6. The Balaban J connectivity index is 1.59. The number of benzene rings is 1. The summed E-state index contributed by atoms with van der Waals surface area (Å²) in [5, 5.41) is 24.1. The lowest BCUT2D eigenvalue weighted by Gasteiger charge is -2.32. The highest BCUT2D eigenvalue weighted by molar-refractivity contribution is 6.08. The van der Waals surface area contributed by atoms with Crippen LogP contribution in [0.25, 0.3) is 11.0 Å². The Morgan fingerprint density at radius 1 is 1.17 bits per heavy atom. The first kappa shape index (κ1) is 24.8. The van der Waals surface area contributed by atoms with Crippen LogP contribution >= 0.6 is 0 Å². The molecule has 1 aliphatic heterocycles. The zero-order chi connectivity index (χ0) is 25.3. The second kappa shape index (κ2) is 9.71. The first-order valence-corrected chi connectivity index (χ1v) is 12.4. The zero-order valence-corrected chi connectivity index (χ0v) is 20.5. The van der Waals surface area contributed by atoms with E-state index in [0.717, 1.165) is 41.7 Å². The maximum Gasteiger partial charge on any atom is 0.327 e. The summed E-state index contributed by atoms with van der Waals surface area (Å²) in [7, 11) is 0. The number of carbonyl (C=O) groups is 3. The molecule has 2 aliphatic rings. The summed E-state index contributed by atoms with van der Waals surface area (Å²) in [5.41, 5.74) is 1.65. The van der Waals surface area contributed by atoms with Gasteiger partial charge in [-0.05, 0) is 45.1 Å². The van der Waals surface area contributed by atoms with E-state index in [1.54, 1.807) is 12.1 Å². The number of carbonyl (C=O) groups excluding carboxylic acids is 2. The lowest BCUT2D eigenvalue weighted by Crippen LogP contribution is -2.48. The number of amides is 3. The molecule has 0 spiro atoms. The van der Waals surface area contributed by atoms with Crippen LogP contribution in [0, 0.1) is 5.92 Å². The molecule has 4 rings (SSSR count). The van der Waals surface area contributed by atoms with Gasteiger partial charge in [0.05, 0.1) is 11.6 Å². The summed E-state index contributed by atoms with van der Waals surface area (Å²) in [5.74, 6) is -1.69. The number of imide groups is 1. The lowest BCUT2D eigenvalue weighted by molar-refractivity contribution is -0.142. The third-order valence-corrected chi connectivity index (χ3v) is 7.71. The van der Waals surface area contributed by atoms with E-state index >= 15 is 0 Å². The van der Waals surface area contributed by atoms with E-state index in [0.29, 0.717) is 30.5 Å². The van der Waals surface area contributed by atoms with Crippen molar-refractivity contribution >= 4 is 34.6 Å². The number of carboxylic acid groups (broad SMARTS) is 1. The molecule has 0 radical (unpaired) electrons. The van der Waals surface area contributed by atoms with Crippen molar-refractivity contribution in [1.29, 1.82) is 0 Å². The van der Waals surface area contributed by atoms with Crippen LogP contribution in [0.2, 0.25) is 0 Å². The van der Waals surface area contributed by atoms with Gasteiger partial charge >= 0.3 is 12.0 Å². The molecule has 188 valence electrons. The smallest absolute Gasteiger partial charge is 0.327 e. The Bertz CT molecular complexity index is 1180. The Hall–Kier alpha value is -3.36. The Labute approximate surface area is 204 Å². The second-order valence-corrected chi connectivity index (χ2v) is 9.39. The van der Waals surface area contributed by atoms with Gasteiger partial charge in [0, 0.05) is 42.4 Å².